The summed E-state index contributed by atoms with van der Waals surface area (Å²) < 4.78 is 18.4. The molecule has 4 aromatic rings. The highest BCUT2D eigenvalue weighted by atomic mass is 32.1. The van der Waals surface area contributed by atoms with Gasteiger partial charge in [0.05, 0.1) is 30.0 Å². The lowest BCUT2D eigenvalue weighted by atomic mass is 10.1. The Morgan fingerprint density at radius 1 is 1.17 bits per heavy atom. The number of carbonyl (C=O) groups excluding carboxylic acids is 1. The monoisotopic (exact) mass is 493 g/mol. The lowest BCUT2D eigenvalue weighted by molar-refractivity contribution is 0.0376. The summed E-state index contributed by atoms with van der Waals surface area (Å²) in [4.78, 5) is 22.9. The fourth-order valence-corrected chi connectivity index (χ4v) is 5.60. The zero-order valence-electron chi connectivity index (χ0n) is 20.5. The number of anilines is 1. The van der Waals surface area contributed by atoms with Gasteiger partial charge in [0, 0.05) is 31.6 Å². The van der Waals surface area contributed by atoms with Crippen molar-refractivity contribution in [3.05, 3.63) is 53.3 Å². The third-order valence-corrected chi connectivity index (χ3v) is 7.60. The number of ether oxygens (including phenoxy) is 2. The Labute approximate surface area is 209 Å². The third kappa shape index (κ3) is 4.91. The minimum absolute atomic E-state index is 0.181. The SMILES string of the molecule is CCOc1cccc2cc(C(=O)N(CCCN3CCOCC3)c3nc4c(C)ccc(C)c4s3)oc12. The topological polar surface area (TPSA) is 68.0 Å². The summed E-state index contributed by atoms with van der Waals surface area (Å²) in [6.45, 7) is 11.5. The van der Waals surface area contributed by atoms with Gasteiger partial charge in [0.1, 0.15) is 0 Å². The predicted octanol–water partition coefficient (Wildman–Crippen LogP) is 5.43. The molecule has 5 rings (SSSR count). The minimum atomic E-state index is -0.181. The Balaban J connectivity index is 1.47. The van der Waals surface area contributed by atoms with E-state index in [-0.39, 0.29) is 5.91 Å². The molecule has 8 heteroatoms. The molecule has 1 amide bonds. The number of amides is 1. The van der Waals surface area contributed by atoms with Crippen LogP contribution in [-0.2, 0) is 4.74 Å². The maximum atomic E-state index is 13.8. The zero-order chi connectivity index (χ0) is 24.4. The molecule has 0 saturated carbocycles. The van der Waals surface area contributed by atoms with Gasteiger partial charge in [0.15, 0.2) is 22.2 Å². The highest BCUT2D eigenvalue weighted by Crippen LogP contribution is 2.35. The maximum absolute atomic E-state index is 13.8. The Morgan fingerprint density at radius 2 is 1.97 bits per heavy atom. The first-order valence-corrected chi connectivity index (χ1v) is 13.0. The second-order valence-electron chi connectivity index (χ2n) is 8.86. The van der Waals surface area contributed by atoms with Crippen molar-refractivity contribution >= 4 is 43.6 Å². The molecule has 1 saturated heterocycles. The summed E-state index contributed by atoms with van der Waals surface area (Å²) >= 11 is 1.57. The van der Waals surface area contributed by atoms with Crippen LogP contribution in [0.4, 0.5) is 5.13 Å². The van der Waals surface area contributed by atoms with E-state index in [0.29, 0.717) is 35.4 Å². The molecular formula is C27H31N3O4S. The van der Waals surface area contributed by atoms with Crippen LogP contribution in [0, 0.1) is 13.8 Å². The van der Waals surface area contributed by atoms with Gasteiger partial charge in [0.2, 0.25) is 0 Å². The van der Waals surface area contributed by atoms with Crippen molar-refractivity contribution in [2.75, 3.05) is 50.9 Å². The highest BCUT2D eigenvalue weighted by molar-refractivity contribution is 7.22. The van der Waals surface area contributed by atoms with Gasteiger partial charge in [-0.2, -0.15) is 0 Å². The number of hydrogen-bond donors (Lipinski definition) is 0. The molecular weight excluding hydrogens is 462 g/mol. The number of aryl methyl sites for hydroxylation is 2. The molecule has 0 N–H and O–H groups in total. The fourth-order valence-electron chi connectivity index (χ4n) is 4.47. The van der Waals surface area contributed by atoms with Crippen molar-refractivity contribution in [2.45, 2.75) is 27.2 Å². The lowest BCUT2D eigenvalue weighted by Crippen LogP contribution is -2.39. The number of hydrogen-bond acceptors (Lipinski definition) is 7. The number of fused-ring (bicyclic) bond motifs is 2. The maximum Gasteiger partial charge on any atom is 0.295 e. The predicted molar refractivity (Wildman–Crippen MR) is 140 cm³/mol. The molecule has 0 spiro atoms. The summed E-state index contributed by atoms with van der Waals surface area (Å²) in [5, 5.41) is 1.55. The number of thiazole rings is 1. The number of rotatable bonds is 8. The van der Waals surface area contributed by atoms with Gasteiger partial charge in [-0.3, -0.25) is 14.6 Å². The van der Waals surface area contributed by atoms with Gasteiger partial charge in [-0.1, -0.05) is 35.6 Å². The van der Waals surface area contributed by atoms with Crippen LogP contribution in [-0.4, -0.2) is 61.8 Å². The van der Waals surface area contributed by atoms with Crippen molar-refractivity contribution in [1.29, 1.82) is 0 Å². The quantitative estimate of drug-likeness (QED) is 0.326. The second kappa shape index (κ2) is 10.4. The third-order valence-electron chi connectivity index (χ3n) is 6.39. The first-order chi connectivity index (χ1) is 17.0. The smallest absolute Gasteiger partial charge is 0.295 e. The summed E-state index contributed by atoms with van der Waals surface area (Å²) in [5.41, 5.74) is 3.83. The Kier molecular flexibility index (Phi) is 7.04. The van der Waals surface area contributed by atoms with Crippen LogP contribution < -0.4 is 9.64 Å². The van der Waals surface area contributed by atoms with Gasteiger partial charge in [-0.05, 0) is 50.5 Å². The van der Waals surface area contributed by atoms with E-state index in [0.717, 1.165) is 60.4 Å². The molecule has 3 heterocycles. The van der Waals surface area contributed by atoms with E-state index in [1.165, 1.54) is 5.56 Å². The normalized spacial score (nSPS) is 14.6. The van der Waals surface area contributed by atoms with Crippen LogP contribution in [0.3, 0.4) is 0 Å². The summed E-state index contributed by atoms with van der Waals surface area (Å²) in [5.74, 6) is 0.764. The number of aromatic nitrogens is 1. The number of para-hydroxylation sites is 1. The summed E-state index contributed by atoms with van der Waals surface area (Å²) in [6.07, 6.45) is 0.837. The highest BCUT2D eigenvalue weighted by Gasteiger charge is 2.26. The first kappa shape index (κ1) is 23.8. The van der Waals surface area contributed by atoms with Crippen molar-refractivity contribution in [3.8, 4) is 5.75 Å². The van der Waals surface area contributed by atoms with E-state index >= 15 is 0 Å². The number of furan rings is 1. The zero-order valence-corrected chi connectivity index (χ0v) is 21.3. The average Bonchev–Trinajstić information content (AvgIpc) is 3.51. The Morgan fingerprint density at radius 3 is 2.74 bits per heavy atom. The molecule has 0 bridgehead atoms. The molecule has 1 aliphatic rings. The van der Waals surface area contributed by atoms with Gasteiger partial charge in [-0.25, -0.2) is 4.98 Å². The Hall–Kier alpha value is -2.94. The van der Waals surface area contributed by atoms with Gasteiger partial charge in [-0.15, -0.1) is 0 Å². The van der Waals surface area contributed by atoms with E-state index in [2.05, 4.69) is 30.9 Å². The van der Waals surface area contributed by atoms with Crippen molar-refractivity contribution in [2.24, 2.45) is 0 Å². The Bertz CT molecular complexity index is 1300. The molecule has 0 atom stereocenters. The van der Waals surface area contributed by atoms with Crippen LogP contribution in [0.5, 0.6) is 5.75 Å². The second-order valence-corrected chi connectivity index (χ2v) is 9.83. The molecule has 0 radical (unpaired) electrons. The number of carbonyl (C=O) groups is 1. The largest absolute Gasteiger partial charge is 0.490 e. The first-order valence-electron chi connectivity index (χ1n) is 12.2. The van der Waals surface area contributed by atoms with Crippen LogP contribution >= 0.6 is 11.3 Å². The van der Waals surface area contributed by atoms with Crippen LogP contribution in [0.2, 0.25) is 0 Å². The number of morpholine rings is 1. The van der Waals surface area contributed by atoms with Gasteiger partial charge < -0.3 is 13.9 Å². The number of nitrogens with zero attached hydrogens (tertiary/aromatic N) is 3. The molecule has 2 aromatic heterocycles. The molecule has 1 fully saturated rings. The van der Waals surface area contributed by atoms with E-state index in [1.807, 2.05) is 25.1 Å². The number of benzene rings is 2. The lowest BCUT2D eigenvalue weighted by Gasteiger charge is -2.27. The standard InChI is InChI=1S/C27H31N3O4S/c1-4-33-21-8-5-7-20-17-22(34-24(20)21)26(31)30(12-6-11-29-13-15-32-16-14-29)27-28-23-18(2)9-10-19(3)25(23)35-27/h5,7-10,17H,4,6,11-16H2,1-3H3. The van der Waals surface area contributed by atoms with E-state index < -0.39 is 0 Å². The molecule has 184 valence electrons. The molecule has 7 nitrogen and oxygen atoms in total. The van der Waals surface area contributed by atoms with E-state index in [1.54, 1.807) is 22.3 Å². The van der Waals surface area contributed by atoms with Crippen molar-refractivity contribution in [3.63, 3.8) is 0 Å². The summed E-state index contributed by atoms with van der Waals surface area (Å²) in [6, 6.07) is 11.7. The fraction of sp³-hybridized carbons (Fsp3) is 0.407. The van der Waals surface area contributed by atoms with E-state index in [9.17, 15) is 4.79 Å². The molecule has 35 heavy (non-hydrogen) atoms. The molecule has 0 unspecified atom stereocenters. The molecule has 2 aromatic carbocycles. The van der Waals surface area contributed by atoms with Gasteiger partial charge in [0.25, 0.3) is 5.91 Å². The molecule has 1 aliphatic heterocycles. The van der Waals surface area contributed by atoms with Crippen molar-refractivity contribution < 1.29 is 18.7 Å². The molecule has 0 aliphatic carbocycles. The summed E-state index contributed by atoms with van der Waals surface area (Å²) in [7, 11) is 0. The van der Waals surface area contributed by atoms with Crippen molar-refractivity contribution in [1.82, 2.24) is 9.88 Å². The van der Waals surface area contributed by atoms with Gasteiger partial charge >= 0.3 is 0 Å². The average molecular weight is 494 g/mol. The van der Waals surface area contributed by atoms with Crippen LogP contribution in [0.15, 0.2) is 40.8 Å². The van der Waals surface area contributed by atoms with E-state index in [4.69, 9.17) is 18.9 Å². The minimum Gasteiger partial charge on any atom is -0.490 e. The van der Waals surface area contributed by atoms with Crippen LogP contribution in [0.25, 0.3) is 21.2 Å². The van der Waals surface area contributed by atoms with Crippen LogP contribution in [0.1, 0.15) is 35.0 Å².